The molecule has 3 rings (SSSR count). The van der Waals surface area contributed by atoms with Gasteiger partial charge in [-0.3, -0.25) is 9.59 Å². The van der Waals surface area contributed by atoms with E-state index in [9.17, 15) is 8.42 Å². The van der Waals surface area contributed by atoms with Gasteiger partial charge in [-0.15, -0.1) is 0 Å². The van der Waals surface area contributed by atoms with Crippen LogP contribution in [-0.4, -0.2) is 36.5 Å². The number of benzene rings is 2. The summed E-state index contributed by atoms with van der Waals surface area (Å²) in [6, 6.07) is 11.4. The third-order valence-corrected chi connectivity index (χ3v) is 4.70. The van der Waals surface area contributed by atoms with Crippen LogP contribution in [0.1, 0.15) is 27.7 Å². The lowest BCUT2D eigenvalue weighted by molar-refractivity contribution is 0.266. The van der Waals surface area contributed by atoms with Gasteiger partial charge in [0.1, 0.15) is 11.4 Å². The Kier molecular flexibility index (Phi) is 20.3. The minimum Gasteiger partial charge on any atom is -0.495 e. The fourth-order valence-electron chi connectivity index (χ4n) is 2.36. The van der Waals surface area contributed by atoms with Crippen LogP contribution in [0.25, 0.3) is 22.6 Å². The number of nitrogens with zero attached hydrogens (tertiary/aromatic N) is 1. The molecule has 208 valence electrons. The number of aromatic nitrogens is 1. The molecule has 2 aromatic carbocycles. The highest BCUT2D eigenvalue weighted by atomic mass is 35.5. The molecule has 0 fully saturated rings. The number of carbonyl (C=O) groups is 2. The van der Waals surface area contributed by atoms with Gasteiger partial charge < -0.3 is 26.1 Å². The summed E-state index contributed by atoms with van der Waals surface area (Å²) >= 11 is 12.4. The predicted molar refractivity (Wildman–Crippen MR) is 154 cm³/mol. The van der Waals surface area contributed by atoms with Crippen molar-refractivity contribution in [3.63, 3.8) is 0 Å². The molecule has 0 radical (unpaired) electrons. The molecule has 0 saturated carbocycles. The molecule has 0 aliphatic heterocycles. The maximum atomic E-state index is 11.8. The summed E-state index contributed by atoms with van der Waals surface area (Å²) in [5, 5.41) is 4.42. The van der Waals surface area contributed by atoms with Crippen molar-refractivity contribution < 1.29 is 32.6 Å². The molecule has 0 aliphatic carbocycles. The highest BCUT2D eigenvalue weighted by molar-refractivity contribution is 7.96. The number of primary amides is 2. The van der Waals surface area contributed by atoms with Crippen LogP contribution in [0.5, 0.6) is 5.75 Å². The van der Waals surface area contributed by atoms with E-state index in [0.29, 0.717) is 33.4 Å². The lowest BCUT2D eigenvalue weighted by Gasteiger charge is -2.08. The van der Waals surface area contributed by atoms with Crippen LogP contribution in [-0.2, 0) is 10.0 Å². The van der Waals surface area contributed by atoms with Gasteiger partial charge in [-0.25, -0.2) is 18.5 Å². The summed E-state index contributed by atoms with van der Waals surface area (Å²) in [4.78, 5) is 22.3. The second-order valence-electron chi connectivity index (χ2n) is 6.30. The first-order valence-electron chi connectivity index (χ1n) is 9.66. The fraction of sp³-hybridized carbons (Fsp3) is 0.227. The number of hydrogen-bond acceptors (Lipinski definition) is 7. The van der Waals surface area contributed by atoms with Crippen LogP contribution in [0.15, 0.2) is 58.2 Å². The quantitative estimate of drug-likeness (QED) is 0.271. The zero-order valence-corrected chi connectivity index (χ0v) is 23.0. The SMILES string of the molecule is C.CCC.COc1ccc(-c2ncoc2-c2ccccc2S(N)(=O)=O)cc1Cl.NC(=O)S.NC(=O)S.O. The number of oxazole rings is 1. The van der Waals surface area contributed by atoms with Crippen molar-refractivity contribution in [2.24, 2.45) is 16.6 Å². The van der Waals surface area contributed by atoms with Gasteiger partial charge in [0, 0.05) is 11.1 Å². The van der Waals surface area contributed by atoms with E-state index in [1.165, 1.54) is 26.0 Å². The maximum absolute atomic E-state index is 11.8. The molecule has 0 saturated heterocycles. The number of primary sulfonamides is 1. The van der Waals surface area contributed by atoms with Crippen LogP contribution in [0, 0.1) is 0 Å². The maximum Gasteiger partial charge on any atom is 0.273 e. The van der Waals surface area contributed by atoms with Crippen LogP contribution in [0.3, 0.4) is 0 Å². The van der Waals surface area contributed by atoms with Crippen LogP contribution in [0.4, 0.5) is 9.59 Å². The molecule has 2 amide bonds. The Bertz CT molecular complexity index is 1200. The van der Waals surface area contributed by atoms with E-state index in [1.807, 2.05) is 0 Å². The molecule has 3 aromatic rings. The molecule has 1 heterocycles. The Morgan fingerprint density at radius 1 is 1.08 bits per heavy atom. The highest BCUT2D eigenvalue weighted by Crippen LogP contribution is 2.37. The van der Waals surface area contributed by atoms with E-state index < -0.39 is 20.5 Å². The molecule has 8 N–H and O–H groups in total. The van der Waals surface area contributed by atoms with Gasteiger partial charge in [-0.1, -0.05) is 76.7 Å². The van der Waals surface area contributed by atoms with Gasteiger partial charge in [0.05, 0.1) is 17.0 Å². The molecular formula is C22H33ClN4O7S3. The van der Waals surface area contributed by atoms with E-state index in [4.69, 9.17) is 35.5 Å². The summed E-state index contributed by atoms with van der Waals surface area (Å²) in [5.74, 6) is 0.816. The monoisotopic (exact) mass is 596 g/mol. The summed E-state index contributed by atoms with van der Waals surface area (Å²) in [6.45, 7) is 4.25. The standard InChI is InChI=1S/C16H13ClN2O4S.C3H8.2CH3NOS.CH4.H2O/c1-22-13-7-6-10(8-12(13)17)15-16(23-9-19-15)11-4-2-3-5-14(11)24(18,20)21;1-3-2;2*2-1(3)4;;/h2-9H,1H3,(H2,18,20,21);3H2,1-2H3;2*(H3,2,3,4);1H4;1H2. The normalized spacial score (nSPS) is 9.27. The van der Waals surface area contributed by atoms with Gasteiger partial charge in [-0.05, 0) is 30.3 Å². The lowest BCUT2D eigenvalue weighted by Crippen LogP contribution is -2.13. The first kappa shape index (κ1) is 38.8. The Balaban J connectivity index is -0.000000762. The second kappa shape index (κ2) is 19.4. The number of methoxy groups -OCH3 is 1. The van der Waals surface area contributed by atoms with Crippen molar-refractivity contribution in [1.82, 2.24) is 4.98 Å². The zero-order chi connectivity index (χ0) is 27.2. The molecule has 11 nitrogen and oxygen atoms in total. The Labute approximate surface area is 232 Å². The van der Waals surface area contributed by atoms with E-state index >= 15 is 0 Å². The second-order valence-corrected chi connectivity index (χ2v) is 9.12. The number of sulfonamides is 1. The average molecular weight is 597 g/mol. The van der Waals surface area contributed by atoms with Crippen molar-refractivity contribution in [1.29, 1.82) is 0 Å². The predicted octanol–water partition coefficient (Wildman–Crippen LogP) is 4.54. The summed E-state index contributed by atoms with van der Waals surface area (Å²) < 4.78 is 34.2. The van der Waals surface area contributed by atoms with Crippen LogP contribution >= 0.6 is 36.9 Å². The summed E-state index contributed by atoms with van der Waals surface area (Å²) in [5.41, 5.74) is 10.1. The molecule has 0 bridgehead atoms. The third kappa shape index (κ3) is 14.5. The number of amides is 2. The van der Waals surface area contributed by atoms with Gasteiger partial charge in [-0.2, -0.15) is 0 Å². The molecule has 0 unspecified atom stereocenters. The molecule has 37 heavy (non-hydrogen) atoms. The Morgan fingerprint density at radius 2 is 1.57 bits per heavy atom. The molecule has 0 atom stereocenters. The Morgan fingerprint density at radius 3 is 2.00 bits per heavy atom. The van der Waals surface area contributed by atoms with Gasteiger partial charge in [0.2, 0.25) is 10.0 Å². The van der Waals surface area contributed by atoms with Crippen molar-refractivity contribution in [3.05, 3.63) is 53.9 Å². The van der Waals surface area contributed by atoms with Crippen molar-refractivity contribution in [2.45, 2.75) is 32.6 Å². The molecule has 1 aromatic heterocycles. The molecular weight excluding hydrogens is 564 g/mol. The van der Waals surface area contributed by atoms with Gasteiger partial charge in [0.25, 0.3) is 10.5 Å². The third-order valence-electron chi connectivity index (χ3n) is 3.43. The minimum absolute atomic E-state index is 0. The number of rotatable bonds is 4. The lowest BCUT2D eigenvalue weighted by atomic mass is 10.1. The topological polar surface area (TPSA) is 213 Å². The first-order valence-corrected chi connectivity index (χ1v) is 12.5. The first-order chi connectivity index (χ1) is 16.3. The van der Waals surface area contributed by atoms with E-state index in [0.717, 1.165) is 0 Å². The van der Waals surface area contributed by atoms with Crippen LogP contribution < -0.4 is 21.3 Å². The van der Waals surface area contributed by atoms with E-state index in [2.05, 4.69) is 55.6 Å². The number of thiol groups is 2. The molecule has 15 heteroatoms. The Hall–Kier alpha value is -2.75. The zero-order valence-electron chi connectivity index (χ0n) is 19.6. The van der Waals surface area contributed by atoms with Gasteiger partial charge >= 0.3 is 0 Å². The fourth-order valence-corrected chi connectivity index (χ4v) is 3.35. The average Bonchev–Trinajstić information content (AvgIpc) is 3.23. The number of hydrogen-bond donors (Lipinski definition) is 5. The van der Waals surface area contributed by atoms with E-state index in [-0.39, 0.29) is 17.8 Å². The molecule has 0 aliphatic rings. The number of carbonyl (C=O) groups excluding carboxylic acids is 2. The highest BCUT2D eigenvalue weighted by Gasteiger charge is 2.21. The molecule has 0 spiro atoms. The number of nitrogens with two attached hydrogens (primary N) is 3. The van der Waals surface area contributed by atoms with Crippen molar-refractivity contribution in [2.75, 3.05) is 7.11 Å². The van der Waals surface area contributed by atoms with Gasteiger partial charge in [0.15, 0.2) is 12.2 Å². The summed E-state index contributed by atoms with van der Waals surface area (Å²) in [6.07, 6.45) is 2.49. The smallest absolute Gasteiger partial charge is 0.273 e. The van der Waals surface area contributed by atoms with E-state index in [1.54, 1.807) is 36.4 Å². The summed E-state index contributed by atoms with van der Waals surface area (Å²) in [7, 11) is -2.39. The van der Waals surface area contributed by atoms with Crippen molar-refractivity contribution >= 4 is 57.4 Å². The van der Waals surface area contributed by atoms with Crippen LogP contribution in [0.2, 0.25) is 5.02 Å². The number of ether oxygens (including phenoxy) is 1. The van der Waals surface area contributed by atoms with Crippen molar-refractivity contribution in [3.8, 4) is 28.3 Å². The minimum atomic E-state index is -3.91. The number of halogens is 1. The largest absolute Gasteiger partial charge is 0.495 e.